The Morgan fingerprint density at radius 1 is 1.55 bits per heavy atom. The zero-order valence-electron chi connectivity index (χ0n) is 12.0. The summed E-state index contributed by atoms with van der Waals surface area (Å²) in [5.41, 5.74) is 0.840. The van der Waals surface area contributed by atoms with Crippen molar-refractivity contribution in [3.63, 3.8) is 0 Å². The van der Waals surface area contributed by atoms with Gasteiger partial charge in [0.1, 0.15) is 11.6 Å². The highest BCUT2D eigenvalue weighted by atomic mass is 16.5. The van der Waals surface area contributed by atoms with Gasteiger partial charge in [-0.1, -0.05) is 6.92 Å². The topological polar surface area (TPSA) is 75.5 Å². The number of aromatic nitrogens is 2. The highest BCUT2D eigenvalue weighted by Crippen LogP contribution is 2.22. The van der Waals surface area contributed by atoms with Crippen LogP contribution in [0.5, 0.6) is 0 Å². The summed E-state index contributed by atoms with van der Waals surface area (Å²) < 4.78 is 5.13. The second-order valence-corrected chi connectivity index (χ2v) is 5.04. The number of nitrogens with zero attached hydrogens (tertiary/aromatic N) is 3. The molecule has 0 saturated carbocycles. The van der Waals surface area contributed by atoms with Crippen LogP contribution in [0.15, 0.2) is 6.07 Å². The average Bonchev–Trinajstić information content (AvgIpc) is 2.47. The predicted octanol–water partition coefficient (Wildman–Crippen LogP) is 1.49. The van der Waals surface area contributed by atoms with Crippen molar-refractivity contribution in [2.75, 3.05) is 25.1 Å². The molecule has 1 aliphatic rings. The number of methoxy groups -OCH3 is 1. The van der Waals surface area contributed by atoms with Crippen LogP contribution < -0.4 is 4.90 Å². The minimum absolute atomic E-state index is 0.310. The standard InChI is InChI=1S/C14H21N3O3/c1-3-12-15-11(9-20-2)7-13(16-12)17-6-4-5-10(8-17)14(18)19/h7,10H,3-6,8-9H2,1-2H3,(H,18,19). The summed E-state index contributed by atoms with van der Waals surface area (Å²) >= 11 is 0. The van der Waals surface area contributed by atoms with Crippen molar-refractivity contribution in [1.29, 1.82) is 0 Å². The highest BCUT2D eigenvalue weighted by Gasteiger charge is 2.26. The molecule has 0 aromatic carbocycles. The van der Waals surface area contributed by atoms with Gasteiger partial charge in [0.15, 0.2) is 0 Å². The normalized spacial score (nSPS) is 19.1. The van der Waals surface area contributed by atoms with E-state index in [9.17, 15) is 4.79 Å². The Labute approximate surface area is 118 Å². The van der Waals surface area contributed by atoms with Gasteiger partial charge in [0.05, 0.1) is 18.2 Å². The molecule has 20 heavy (non-hydrogen) atoms. The van der Waals surface area contributed by atoms with Crippen molar-refractivity contribution < 1.29 is 14.6 Å². The number of hydrogen-bond donors (Lipinski definition) is 1. The molecule has 1 aromatic rings. The van der Waals surface area contributed by atoms with Gasteiger partial charge in [0, 0.05) is 32.7 Å². The number of piperidine rings is 1. The molecule has 1 N–H and O–H groups in total. The third-order valence-electron chi connectivity index (χ3n) is 3.52. The summed E-state index contributed by atoms with van der Waals surface area (Å²) in [5, 5.41) is 9.16. The van der Waals surface area contributed by atoms with Crippen LogP contribution in [0.1, 0.15) is 31.3 Å². The summed E-state index contributed by atoms with van der Waals surface area (Å²) in [5.74, 6) is 0.549. The van der Waals surface area contributed by atoms with E-state index in [2.05, 4.69) is 9.97 Å². The number of aliphatic carboxylic acids is 1. The lowest BCUT2D eigenvalue weighted by Crippen LogP contribution is -2.39. The Balaban J connectivity index is 2.21. The smallest absolute Gasteiger partial charge is 0.308 e. The fraction of sp³-hybridized carbons (Fsp3) is 0.643. The Bertz CT molecular complexity index is 479. The van der Waals surface area contributed by atoms with E-state index in [4.69, 9.17) is 9.84 Å². The van der Waals surface area contributed by atoms with Crippen LogP contribution in [0.3, 0.4) is 0 Å². The summed E-state index contributed by atoms with van der Waals surface area (Å²) in [6, 6.07) is 1.90. The number of aryl methyl sites for hydroxylation is 1. The van der Waals surface area contributed by atoms with Gasteiger partial charge < -0.3 is 14.7 Å². The van der Waals surface area contributed by atoms with Gasteiger partial charge in [0.2, 0.25) is 0 Å². The van der Waals surface area contributed by atoms with Crippen molar-refractivity contribution in [1.82, 2.24) is 9.97 Å². The summed E-state index contributed by atoms with van der Waals surface area (Å²) in [4.78, 5) is 22.1. The summed E-state index contributed by atoms with van der Waals surface area (Å²) in [6.45, 7) is 3.81. The fourth-order valence-electron chi connectivity index (χ4n) is 2.47. The molecule has 0 spiro atoms. The molecule has 6 heteroatoms. The molecule has 1 fully saturated rings. The van der Waals surface area contributed by atoms with Gasteiger partial charge in [-0.15, -0.1) is 0 Å². The Hall–Kier alpha value is -1.69. The molecular weight excluding hydrogens is 258 g/mol. The van der Waals surface area contributed by atoms with Crippen molar-refractivity contribution in [3.05, 3.63) is 17.6 Å². The van der Waals surface area contributed by atoms with E-state index in [0.29, 0.717) is 13.2 Å². The molecule has 2 rings (SSSR count). The first-order chi connectivity index (χ1) is 9.63. The Morgan fingerprint density at radius 3 is 3.00 bits per heavy atom. The summed E-state index contributed by atoms with van der Waals surface area (Å²) in [7, 11) is 1.63. The van der Waals surface area contributed by atoms with Gasteiger partial charge in [-0.3, -0.25) is 4.79 Å². The molecule has 1 aliphatic heterocycles. The first kappa shape index (κ1) is 14.7. The number of anilines is 1. The van der Waals surface area contributed by atoms with E-state index in [1.807, 2.05) is 17.9 Å². The van der Waals surface area contributed by atoms with Crippen LogP contribution in [-0.2, 0) is 22.6 Å². The third kappa shape index (κ3) is 3.45. The lowest BCUT2D eigenvalue weighted by atomic mass is 9.98. The quantitative estimate of drug-likeness (QED) is 0.880. The molecular formula is C14H21N3O3. The molecule has 110 valence electrons. The van der Waals surface area contributed by atoms with E-state index in [-0.39, 0.29) is 5.92 Å². The van der Waals surface area contributed by atoms with Crippen molar-refractivity contribution in [2.24, 2.45) is 5.92 Å². The zero-order chi connectivity index (χ0) is 14.5. The van der Waals surface area contributed by atoms with E-state index >= 15 is 0 Å². The largest absolute Gasteiger partial charge is 0.481 e. The molecule has 1 saturated heterocycles. The molecule has 1 atom stereocenters. The monoisotopic (exact) mass is 279 g/mol. The number of carboxylic acid groups (broad SMARTS) is 1. The molecule has 0 radical (unpaired) electrons. The molecule has 0 amide bonds. The number of ether oxygens (including phenoxy) is 1. The van der Waals surface area contributed by atoms with Crippen molar-refractivity contribution in [2.45, 2.75) is 32.8 Å². The minimum atomic E-state index is -0.725. The predicted molar refractivity (Wildman–Crippen MR) is 74.7 cm³/mol. The van der Waals surface area contributed by atoms with Gasteiger partial charge in [-0.25, -0.2) is 9.97 Å². The highest BCUT2D eigenvalue weighted by molar-refractivity contribution is 5.71. The zero-order valence-corrected chi connectivity index (χ0v) is 12.0. The number of hydrogen-bond acceptors (Lipinski definition) is 5. The molecule has 0 aliphatic carbocycles. The second kappa shape index (κ2) is 6.65. The van der Waals surface area contributed by atoms with E-state index in [1.54, 1.807) is 7.11 Å². The molecule has 1 aromatic heterocycles. The number of carbonyl (C=O) groups is 1. The van der Waals surface area contributed by atoms with E-state index in [1.165, 1.54) is 0 Å². The van der Waals surface area contributed by atoms with Crippen LogP contribution in [0, 0.1) is 5.92 Å². The SMILES string of the molecule is CCc1nc(COC)cc(N2CCCC(C(=O)O)C2)n1. The Kier molecular flexibility index (Phi) is 4.89. The van der Waals surface area contributed by atoms with Gasteiger partial charge in [0.25, 0.3) is 0 Å². The van der Waals surface area contributed by atoms with Gasteiger partial charge in [-0.05, 0) is 12.8 Å². The first-order valence-corrected chi connectivity index (χ1v) is 6.97. The molecule has 0 bridgehead atoms. The van der Waals surface area contributed by atoms with Crippen LogP contribution in [0.4, 0.5) is 5.82 Å². The maximum Gasteiger partial charge on any atom is 0.308 e. The van der Waals surface area contributed by atoms with Crippen LogP contribution in [-0.4, -0.2) is 41.2 Å². The van der Waals surface area contributed by atoms with Crippen molar-refractivity contribution in [3.8, 4) is 0 Å². The minimum Gasteiger partial charge on any atom is -0.481 e. The van der Waals surface area contributed by atoms with Crippen LogP contribution >= 0.6 is 0 Å². The average molecular weight is 279 g/mol. The first-order valence-electron chi connectivity index (χ1n) is 6.97. The van der Waals surface area contributed by atoms with Crippen molar-refractivity contribution >= 4 is 11.8 Å². The van der Waals surface area contributed by atoms with Gasteiger partial charge in [-0.2, -0.15) is 0 Å². The second-order valence-electron chi connectivity index (χ2n) is 5.04. The lowest BCUT2D eigenvalue weighted by Gasteiger charge is -2.31. The number of carboxylic acids is 1. The number of rotatable bonds is 5. The van der Waals surface area contributed by atoms with E-state index in [0.717, 1.165) is 43.1 Å². The third-order valence-corrected chi connectivity index (χ3v) is 3.52. The van der Waals surface area contributed by atoms with Gasteiger partial charge >= 0.3 is 5.97 Å². The maximum absolute atomic E-state index is 11.1. The fourth-order valence-corrected chi connectivity index (χ4v) is 2.47. The maximum atomic E-state index is 11.1. The Morgan fingerprint density at radius 2 is 2.35 bits per heavy atom. The molecule has 6 nitrogen and oxygen atoms in total. The van der Waals surface area contributed by atoms with E-state index < -0.39 is 5.97 Å². The molecule has 1 unspecified atom stereocenters. The summed E-state index contributed by atoms with van der Waals surface area (Å²) in [6.07, 6.45) is 2.37. The van der Waals surface area contributed by atoms with Crippen LogP contribution in [0.25, 0.3) is 0 Å². The van der Waals surface area contributed by atoms with Crippen LogP contribution in [0.2, 0.25) is 0 Å². The lowest BCUT2D eigenvalue weighted by molar-refractivity contribution is -0.141. The molecule has 2 heterocycles.